The first kappa shape index (κ1) is 28.0. The molecular formula is C32H27BrN2O3S. The van der Waals surface area contributed by atoms with Gasteiger partial charge in [0.1, 0.15) is 0 Å². The van der Waals surface area contributed by atoms with Gasteiger partial charge in [-0.25, -0.2) is 0 Å². The standard InChI is InChI=1S/C24H19NO2S.C8H8BrNO/c1-15-2-4-20(24(25)27)13-22(15)19-7-6-17-10-16(3-5-18(17)12-19)11-23(26)21-8-9-28-14-21;1-5-2-3-6(8(10)11)4-7(5)9/h2-10,12-14H,11H2,1H3,(H2,25,27);2-4H,1H3,(H2,10,11). The van der Waals surface area contributed by atoms with Crippen molar-refractivity contribution in [1.29, 1.82) is 0 Å². The van der Waals surface area contributed by atoms with E-state index in [1.165, 1.54) is 11.3 Å². The molecule has 5 nitrogen and oxygen atoms in total. The maximum absolute atomic E-state index is 12.3. The third-order valence-corrected chi connectivity index (χ3v) is 7.94. The summed E-state index contributed by atoms with van der Waals surface area (Å²) >= 11 is 4.84. The minimum absolute atomic E-state index is 0.135. The zero-order chi connectivity index (χ0) is 28.1. The van der Waals surface area contributed by atoms with Gasteiger partial charge in [0.25, 0.3) is 0 Å². The summed E-state index contributed by atoms with van der Waals surface area (Å²) < 4.78 is 0.911. The number of ketones is 1. The van der Waals surface area contributed by atoms with Gasteiger partial charge in [0.15, 0.2) is 5.78 Å². The van der Waals surface area contributed by atoms with Crippen LogP contribution in [0.4, 0.5) is 0 Å². The summed E-state index contributed by atoms with van der Waals surface area (Å²) in [7, 11) is 0. The minimum Gasteiger partial charge on any atom is -0.366 e. The number of fused-ring (bicyclic) bond motifs is 1. The number of primary amides is 2. The fraction of sp³-hybridized carbons (Fsp3) is 0.0938. The number of carbonyl (C=O) groups excluding carboxylic acids is 3. The van der Waals surface area contributed by atoms with Crippen molar-refractivity contribution in [1.82, 2.24) is 0 Å². The first-order valence-electron chi connectivity index (χ1n) is 12.2. The van der Waals surface area contributed by atoms with Crippen molar-refractivity contribution in [3.05, 3.63) is 127 Å². The minimum atomic E-state index is -0.429. The van der Waals surface area contributed by atoms with E-state index in [4.69, 9.17) is 11.5 Å². The van der Waals surface area contributed by atoms with E-state index in [1.54, 1.807) is 18.2 Å². The second-order valence-electron chi connectivity index (χ2n) is 9.23. The third kappa shape index (κ3) is 6.88. The van der Waals surface area contributed by atoms with Crippen LogP contribution >= 0.6 is 27.3 Å². The number of amides is 2. The Morgan fingerprint density at radius 2 is 1.36 bits per heavy atom. The molecule has 0 aliphatic carbocycles. The highest BCUT2D eigenvalue weighted by Gasteiger charge is 2.10. The molecule has 0 unspecified atom stereocenters. The Hall–Kier alpha value is -4.07. The number of Topliss-reactive ketones (excluding diaryl/α,β-unsaturated/α-hetero) is 1. The Labute approximate surface area is 239 Å². The highest BCUT2D eigenvalue weighted by atomic mass is 79.9. The molecule has 0 spiro atoms. The largest absolute Gasteiger partial charge is 0.366 e. The van der Waals surface area contributed by atoms with Crippen molar-refractivity contribution in [2.45, 2.75) is 20.3 Å². The SMILES string of the molecule is Cc1ccc(C(N)=O)cc1-c1ccc2cc(CC(=O)c3ccsc3)ccc2c1.Cc1ccc(C(N)=O)cc1Br. The van der Waals surface area contributed by atoms with Gasteiger partial charge < -0.3 is 11.5 Å². The first-order valence-corrected chi connectivity index (χ1v) is 13.9. The number of carbonyl (C=O) groups is 3. The van der Waals surface area contributed by atoms with Crippen LogP contribution in [0.25, 0.3) is 21.9 Å². The van der Waals surface area contributed by atoms with E-state index < -0.39 is 11.8 Å². The van der Waals surface area contributed by atoms with Crippen molar-refractivity contribution >= 4 is 55.6 Å². The average Bonchev–Trinajstić information content (AvgIpc) is 3.46. The van der Waals surface area contributed by atoms with Crippen LogP contribution < -0.4 is 11.5 Å². The van der Waals surface area contributed by atoms with E-state index in [9.17, 15) is 14.4 Å². The van der Waals surface area contributed by atoms with Gasteiger partial charge in [0, 0.05) is 33.0 Å². The van der Waals surface area contributed by atoms with Gasteiger partial charge in [-0.3, -0.25) is 14.4 Å². The molecule has 0 bridgehead atoms. The fourth-order valence-electron chi connectivity index (χ4n) is 4.12. The topological polar surface area (TPSA) is 103 Å². The lowest BCUT2D eigenvalue weighted by molar-refractivity contribution is 0.0987. The molecule has 5 aromatic rings. The molecule has 4 N–H and O–H groups in total. The predicted molar refractivity (Wildman–Crippen MR) is 162 cm³/mol. The summed E-state index contributed by atoms with van der Waals surface area (Å²) in [5.41, 5.74) is 17.5. The fourth-order valence-corrected chi connectivity index (χ4v) is 5.15. The molecule has 0 aliphatic rings. The van der Waals surface area contributed by atoms with Gasteiger partial charge >= 0.3 is 0 Å². The molecular weight excluding hydrogens is 572 g/mol. The number of thiophene rings is 1. The van der Waals surface area contributed by atoms with E-state index in [-0.39, 0.29) is 5.78 Å². The van der Waals surface area contributed by atoms with E-state index in [0.29, 0.717) is 17.5 Å². The Bertz CT molecular complexity index is 1690. The average molecular weight is 600 g/mol. The van der Waals surface area contributed by atoms with Gasteiger partial charge in [-0.05, 0) is 94.2 Å². The summed E-state index contributed by atoms with van der Waals surface area (Å²) in [4.78, 5) is 34.5. The van der Waals surface area contributed by atoms with Crippen molar-refractivity contribution in [3.8, 4) is 11.1 Å². The Morgan fingerprint density at radius 3 is 2.00 bits per heavy atom. The lowest BCUT2D eigenvalue weighted by Gasteiger charge is -2.10. The molecule has 0 aliphatic heterocycles. The summed E-state index contributed by atoms with van der Waals surface area (Å²) in [6.45, 7) is 3.97. The third-order valence-electron chi connectivity index (χ3n) is 6.40. The summed E-state index contributed by atoms with van der Waals surface area (Å²) in [5.74, 6) is -0.691. The Kier molecular flexibility index (Phi) is 8.74. The number of hydrogen-bond donors (Lipinski definition) is 2. The number of benzene rings is 4. The van der Waals surface area contributed by atoms with Crippen LogP contribution in [0.15, 0.2) is 94.1 Å². The Balaban J connectivity index is 0.000000270. The van der Waals surface area contributed by atoms with Crippen LogP contribution in [-0.4, -0.2) is 17.6 Å². The molecule has 0 radical (unpaired) electrons. The predicted octanol–water partition coefficient (Wildman–Crippen LogP) is 7.26. The molecule has 4 aromatic carbocycles. The van der Waals surface area contributed by atoms with Crippen molar-refractivity contribution < 1.29 is 14.4 Å². The number of halogens is 1. The van der Waals surface area contributed by atoms with Gasteiger partial charge in [0.05, 0.1) is 0 Å². The van der Waals surface area contributed by atoms with E-state index in [1.807, 2.05) is 67.1 Å². The zero-order valence-electron chi connectivity index (χ0n) is 21.5. The van der Waals surface area contributed by atoms with Crippen LogP contribution in [0.2, 0.25) is 0 Å². The summed E-state index contributed by atoms with van der Waals surface area (Å²) in [6, 6.07) is 25.0. The smallest absolute Gasteiger partial charge is 0.248 e. The quantitative estimate of drug-likeness (QED) is 0.201. The number of aryl methyl sites for hydroxylation is 2. The first-order chi connectivity index (χ1) is 18.6. The van der Waals surface area contributed by atoms with Crippen LogP contribution in [0.3, 0.4) is 0 Å². The summed E-state index contributed by atoms with van der Waals surface area (Å²) in [6.07, 6.45) is 0.397. The molecule has 2 amide bonds. The van der Waals surface area contributed by atoms with Crippen LogP contribution in [-0.2, 0) is 6.42 Å². The highest BCUT2D eigenvalue weighted by molar-refractivity contribution is 9.10. The Morgan fingerprint density at radius 1 is 0.718 bits per heavy atom. The van der Waals surface area contributed by atoms with E-state index in [0.717, 1.165) is 48.6 Å². The molecule has 1 aromatic heterocycles. The molecule has 5 rings (SSSR count). The van der Waals surface area contributed by atoms with Crippen LogP contribution in [0.5, 0.6) is 0 Å². The molecule has 196 valence electrons. The molecule has 39 heavy (non-hydrogen) atoms. The van der Waals surface area contributed by atoms with Crippen LogP contribution in [0.1, 0.15) is 47.8 Å². The second-order valence-corrected chi connectivity index (χ2v) is 10.9. The van der Waals surface area contributed by atoms with E-state index >= 15 is 0 Å². The molecule has 0 saturated heterocycles. The van der Waals surface area contributed by atoms with Gasteiger partial charge in [0.2, 0.25) is 11.8 Å². The van der Waals surface area contributed by atoms with Crippen LogP contribution in [0, 0.1) is 13.8 Å². The second kappa shape index (κ2) is 12.2. The summed E-state index contributed by atoms with van der Waals surface area (Å²) in [5, 5.41) is 5.99. The number of rotatable bonds is 6. The monoisotopic (exact) mass is 598 g/mol. The maximum atomic E-state index is 12.3. The van der Waals surface area contributed by atoms with Crippen molar-refractivity contribution in [2.24, 2.45) is 11.5 Å². The van der Waals surface area contributed by atoms with E-state index in [2.05, 4.69) is 34.1 Å². The number of nitrogens with two attached hydrogens (primary N) is 2. The lowest BCUT2D eigenvalue weighted by atomic mass is 9.94. The van der Waals surface area contributed by atoms with Crippen molar-refractivity contribution in [2.75, 3.05) is 0 Å². The van der Waals surface area contributed by atoms with Crippen molar-refractivity contribution in [3.63, 3.8) is 0 Å². The molecule has 0 atom stereocenters. The molecule has 7 heteroatoms. The molecule has 1 heterocycles. The molecule has 0 saturated carbocycles. The molecule has 0 fully saturated rings. The van der Waals surface area contributed by atoms with Gasteiger partial charge in [-0.15, -0.1) is 0 Å². The van der Waals surface area contributed by atoms with Gasteiger partial charge in [-0.1, -0.05) is 58.4 Å². The normalized spacial score (nSPS) is 10.5. The number of hydrogen-bond acceptors (Lipinski definition) is 4. The zero-order valence-corrected chi connectivity index (χ0v) is 23.9. The maximum Gasteiger partial charge on any atom is 0.248 e. The highest BCUT2D eigenvalue weighted by Crippen LogP contribution is 2.29. The lowest BCUT2D eigenvalue weighted by Crippen LogP contribution is -2.10. The van der Waals surface area contributed by atoms with Gasteiger partial charge in [-0.2, -0.15) is 11.3 Å².